The molecule has 0 amide bonds. The van der Waals surface area contributed by atoms with Gasteiger partial charge in [-0.15, -0.1) is 39.7 Å². The summed E-state index contributed by atoms with van der Waals surface area (Å²) in [6.45, 7) is 22.5. The molecule has 0 saturated heterocycles. The zero-order valence-corrected chi connectivity index (χ0v) is 33.8. The second-order valence-corrected chi connectivity index (χ2v) is 23.7. The molecule has 0 unspecified atom stereocenters. The van der Waals surface area contributed by atoms with Crippen LogP contribution in [-0.2, 0) is 35.1 Å². The van der Waals surface area contributed by atoms with Gasteiger partial charge in [-0.25, -0.2) is 6.07 Å². The van der Waals surface area contributed by atoms with Crippen LogP contribution in [0.15, 0.2) is 121 Å². The zero-order chi connectivity index (χ0) is 34.6. The standard InChI is InChI=1S/C21H25.C13H10.C10H15.2ClH.Zr/c1-20(2,3)16-7-9-18-14(12-16)11-15-13-17(21(4,5)6)8-10-19(15)18;1-3-7-12(8-4-1)11-13-9-5-2-6-10-13;1-8-5-6-9(7-8)10(2,3)4;;;/h7-13H,1-6H3;1-10H;5-7H,1-4H3;2*1H;/q-1;;-1;;;+2/p-2. The summed E-state index contributed by atoms with van der Waals surface area (Å²) < 4.78 is 1.15. The van der Waals surface area contributed by atoms with Crippen molar-refractivity contribution in [2.45, 2.75) is 85.5 Å². The van der Waals surface area contributed by atoms with Gasteiger partial charge in [0.05, 0.1) is 0 Å². The van der Waals surface area contributed by atoms with Crippen LogP contribution in [-0.4, -0.2) is 3.21 Å². The first-order chi connectivity index (χ1) is 21.9. The Hall–Kier alpha value is -2.57. The van der Waals surface area contributed by atoms with Crippen molar-refractivity contribution in [3.63, 3.8) is 0 Å². The van der Waals surface area contributed by atoms with E-state index in [0.29, 0.717) is 5.41 Å². The maximum absolute atomic E-state index is 6.24. The van der Waals surface area contributed by atoms with Gasteiger partial charge in [0.2, 0.25) is 0 Å². The van der Waals surface area contributed by atoms with E-state index in [1.165, 1.54) is 43.8 Å². The summed E-state index contributed by atoms with van der Waals surface area (Å²) >= 11 is -2.44. The average molecular weight is 741 g/mol. The monoisotopic (exact) mass is 738 g/mol. The third-order valence-corrected chi connectivity index (χ3v) is 13.1. The second-order valence-electron chi connectivity index (χ2n) is 15.5. The Labute approximate surface area is 298 Å². The van der Waals surface area contributed by atoms with Crippen molar-refractivity contribution < 1.29 is 18.9 Å². The minimum absolute atomic E-state index is 0.203. The van der Waals surface area contributed by atoms with E-state index in [1.807, 2.05) is 36.4 Å². The third kappa shape index (κ3) is 9.98. The Balaban J connectivity index is 0.000000170. The van der Waals surface area contributed by atoms with Gasteiger partial charge in [-0.3, -0.25) is 0 Å². The molecule has 0 fully saturated rings. The Morgan fingerprint density at radius 1 is 0.553 bits per heavy atom. The Morgan fingerprint density at radius 3 is 1.26 bits per heavy atom. The Bertz CT molecular complexity index is 1820. The fraction of sp³-hybridized carbons (Fsp3) is 0.295. The van der Waals surface area contributed by atoms with Crippen LogP contribution in [0.1, 0.15) is 95.7 Å². The van der Waals surface area contributed by atoms with Gasteiger partial charge in [0.15, 0.2) is 0 Å². The quantitative estimate of drug-likeness (QED) is 0.155. The number of fused-ring (bicyclic) bond motifs is 3. The molecule has 0 saturated carbocycles. The summed E-state index contributed by atoms with van der Waals surface area (Å²) in [5, 5.41) is 5.48. The Kier molecular flexibility index (Phi) is 12.1. The van der Waals surface area contributed by atoms with E-state index in [1.54, 1.807) is 0 Å². The van der Waals surface area contributed by atoms with Crippen LogP contribution >= 0.6 is 17.0 Å². The SMILES string of the molecule is CC(C)(C)c1ccc2c(c1)[cH-]c1cc(C(C)(C)C)ccc12.C[c-]1ccc(C(C)(C)C)c1.[Cl][Zr]([Cl])=[C](c1ccccc1)c1ccccc1. The van der Waals surface area contributed by atoms with E-state index in [2.05, 4.69) is 154 Å². The van der Waals surface area contributed by atoms with E-state index < -0.39 is 18.9 Å². The van der Waals surface area contributed by atoms with Gasteiger partial charge < -0.3 is 0 Å². The number of hydrogen-bond donors (Lipinski definition) is 0. The van der Waals surface area contributed by atoms with Gasteiger partial charge in [0.1, 0.15) is 0 Å². The maximum atomic E-state index is 6.24. The third-order valence-electron chi connectivity index (χ3n) is 8.53. The van der Waals surface area contributed by atoms with Crippen molar-refractivity contribution in [3.05, 3.63) is 155 Å². The molecule has 6 aromatic rings. The summed E-state index contributed by atoms with van der Waals surface area (Å²) in [6, 6.07) is 43.1. The molecule has 0 radical (unpaired) electrons. The van der Waals surface area contributed by atoms with Crippen molar-refractivity contribution in [2.75, 3.05) is 0 Å². The first kappa shape index (κ1) is 37.3. The molecule has 0 aliphatic rings. The van der Waals surface area contributed by atoms with E-state index in [4.69, 9.17) is 17.0 Å². The first-order valence-corrected chi connectivity index (χ1v) is 24.1. The van der Waals surface area contributed by atoms with Crippen LogP contribution in [0.3, 0.4) is 0 Å². The Morgan fingerprint density at radius 2 is 0.957 bits per heavy atom. The molecule has 6 rings (SSSR count). The number of rotatable bonds is 2. The van der Waals surface area contributed by atoms with Crippen LogP contribution in [0.4, 0.5) is 0 Å². The summed E-state index contributed by atoms with van der Waals surface area (Å²) in [7, 11) is 12.5. The molecule has 0 nitrogen and oxygen atoms in total. The van der Waals surface area contributed by atoms with Gasteiger partial charge in [0.25, 0.3) is 0 Å². The van der Waals surface area contributed by atoms with Gasteiger partial charge in [0, 0.05) is 0 Å². The zero-order valence-electron chi connectivity index (χ0n) is 29.8. The van der Waals surface area contributed by atoms with E-state index in [9.17, 15) is 0 Å². The molecule has 3 heteroatoms. The van der Waals surface area contributed by atoms with Gasteiger partial charge in [-0.2, -0.15) is 23.3 Å². The number of aryl methyl sites for hydroxylation is 1. The molecule has 0 heterocycles. The normalized spacial score (nSPS) is 11.8. The molecule has 0 aliphatic carbocycles. The predicted molar refractivity (Wildman–Crippen MR) is 208 cm³/mol. The molecular weight excluding hydrogens is 691 g/mol. The molecule has 246 valence electrons. The van der Waals surface area contributed by atoms with E-state index in [-0.39, 0.29) is 10.8 Å². The van der Waals surface area contributed by atoms with Crippen LogP contribution in [0, 0.1) is 6.92 Å². The number of benzene rings is 4. The molecule has 0 atom stereocenters. The molecule has 0 bridgehead atoms. The van der Waals surface area contributed by atoms with Crippen LogP contribution in [0.25, 0.3) is 21.5 Å². The van der Waals surface area contributed by atoms with Gasteiger partial charge in [-0.1, -0.05) is 110 Å². The van der Waals surface area contributed by atoms with Crippen LogP contribution in [0.2, 0.25) is 0 Å². The van der Waals surface area contributed by atoms with Crippen LogP contribution in [0.5, 0.6) is 0 Å². The minimum atomic E-state index is -2.44. The first-order valence-electron chi connectivity index (χ1n) is 16.5. The number of hydrogen-bond acceptors (Lipinski definition) is 0. The summed E-state index contributed by atoms with van der Waals surface area (Å²) in [6.07, 6.45) is 0. The van der Waals surface area contributed by atoms with Crippen molar-refractivity contribution in [3.8, 4) is 0 Å². The topological polar surface area (TPSA) is 0 Å². The van der Waals surface area contributed by atoms with E-state index in [0.717, 1.165) is 14.3 Å². The average Bonchev–Trinajstić information content (AvgIpc) is 3.61. The molecular formula is C44H50Cl2Zr-2. The summed E-state index contributed by atoms with van der Waals surface area (Å²) in [5.41, 5.74) is 8.62. The van der Waals surface area contributed by atoms with Gasteiger partial charge in [-0.05, 0) is 10.8 Å². The van der Waals surface area contributed by atoms with Crippen LogP contribution < -0.4 is 0 Å². The predicted octanol–water partition coefficient (Wildman–Crippen LogP) is 13.5. The molecule has 0 spiro atoms. The molecule has 0 aromatic heterocycles. The van der Waals surface area contributed by atoms with Gasteiger partial charge >= 0.3 is 111 Å². The molecule has 0 N–H and O–H groups in total. The second kappa shape index (κ2) is 15.3. The van der Waals surface area contributed by atoms with Crippen molar-refractivity contribution >= 4 is 41.8 Å². The molecule has 6 aromatic carbocycles. The fourth-order valence-corrected chi connectivity index (χ4v) is 10.1. The molecule has 47 heavy (non-hydrogen) atoms. The fourth-order valence-electron chi connectivity index (χ4n) is 5.58. The van der Waals surface area contributed by atoms with Crippen molar-refractivity contribution in [1.82, 2.24) is 0 Å². The van der Waals surface area contributed by atoms with E-state index >= 15 is 0 Å². The summed E-state index contributed by atoms with van der Waals surface area (Å²) in [4.78, 5) is 0. The summed E-state index contributed by atoms with van der Waals surface area (Å²) in [5.74, 6) is 0. The van der Waals surface area contributed by atoms with Crippen molar-refractivity contribution in [2.24, 2.45) is 0 Å². The molecule has 0 aliphatic heterocycles. The number of halogens is 2. The van der Waals surface area contributed by atoms with Crippen molar-refractivity contribution in [1.29, 1.82) is 0 Å².